The summed E-state index contributed by atoms with van der Waals surface area (Å²) in [7, 11) is 0. The zero-order chi connectivity index (χ0) is 14.0. The van der Waals surface area contributed by atoms with Crippen LogP contribution in [-0.4, -0.2) is 35.0 Å². The van der Waals surface area contributed by atoms with Gasteiger partial charge in [0.1, 0.15) is 6.54 Å². The summed E-state index contributed by atoms with van der Waals surface area (Å²) in [4.78, 5) is 24.4. The van der Waals surface area contributed by atoms with Crippen LogP contribution in [0.2, 0.25) is 5.02 Å². The summed E-state index contributed by atoms with van der Waals surface area (Å²) in [6, 6.07) is 4.58. The molecular weight excluding hydrogens is 268 g/mol. The van der Waals surface area contributed by atoms with Gasteiger partial charge in [-0.15, -0.1) is 0 Å². The number of halogens is 1. The van der Waals surface area contributed by atoms with E-state index in [-0.39, 0.29) is 12.5 Å². The number of rotatable bonds is 5. The Morgan fingerprint density at radius 2 is 2.11 bits per heavy atom. The Morgan fingerprint density at radius 3 is 2.63 bits per heavy atom. The normalized spacial score (nSPS) is 14.2. The first-order valence-electron chi connectivity index (χ1n) is 6.03. The number of carbonyl (C=O) groups excluding carboxylic acids is 1. The predicted molar refractivity (Wildman–Crippen MR) is 72.1 cm³/mol. The van der Waals surface area contributed by atoms with Crippen LogP contribution in [0.25, 0.3) is 0 Å². The molecular formula is C13H15ClN2O3. The molecule has 19 heavy (non-hydrogen) atoms. The summed E-state index contributed by atoms with van der Waals surface area (Å²) in [5.41, 5.74) is 6.33. The van der Waals surface area contributed by atoms with Crippen molar-refractivity contribution in [3.63, 3.8) is 0 Å². The van der Waals surface area contributed by atoms with Crippen molar-refractivity contribution in [3.8, 4) is 0 Å². The number of carboxylic acid groups (broad SMARTS) is 1. The second kappa shape index (κ2) is 5.48. The largest absolute Gasteiger partial charge is 0.480 e. The maximum Gasteiger partial charge on any atom is 0.323 e. The highest BCUT2D eigenvalue weighted by Crippen LogP contribution is 2.30. The molecule has 3 N–H and O–H groups in total. The summed E-state index contributed by atoms with van der Waals surface area (Å²) < 4.78 is 0. The monoisotopic (exact) mass is 282 g/mol. The van der Waals surface area contributed by atoms with E-state index in [2.05, 4.69) is 0 Å². The summed E-state index contributed by atoms with van der Waals surface area (Å²) in [6.45, 7) is 0.186. The lowest BCUT2D eigenvalue weighted by atomic mass is 10.1. The lowest BCUT2D eigenvalue weighted by molar-refractivity contribution is -0.137. The minimum absolute atomic E-state index is 0.294. The van der Waals surface area contributed by atoms with Crippen molar-refractivity contribution in [1.82, 2.24) is 4.90 Å². The summed E-state index contributed by atoms with van der Waals surface area (Å²) in [6.07, 6.45) is 2.10. The van der Waals surface area contributed by atoms with Gasteiger partial charge in [0.05, 0.1) is 10.7 Å². The Labute approximate surface area is 116 Å². The number of hydrogen-bond donors (Lipinski definition) is 2. The van der Waals surface area contributed by atoms with Gasteiger partial charge in [-0.3, -0.25) is 9.59 Å². The third-order valence-corrected chi connectivity index (χ3v) is 3.38. The van der Waals surface area contributed by atoms with Gasteiger partial charge in [0, 0.05) is 12.1 Å². The molecule has 0 atom stereocenters. The highest BCUT2D eigenvalue weighted by molar-refractivity contribution is 6.33. The van der Waals surface area contributed by atoms with E-state index in [0.717, 1.165) is 12.8 Å². The number of benzene rings is 1. The molecule has 1 fully saturated rings. The Kier molecular flexibility index (Phi) is 3.95. The lowest BCUT2D eigenvalue weighted by Crippen LogP contribution is -2.37. The van der Waals surface area contributed by atoms with Crippen LogP contribution in [0.15, 0.2) is 18.2 Å². The number of aliphatic carboxylic acids is 1. The first-order valence-corrected chi connectivity index (χ1v) is 6.41. The summed E-state index contributed by atoms with van der Waals surface area (Å²) in [5, 5.41) is 9.25. The fourth-order valence-electron chi connectivity index (χ4n) is 1.85. The molecule has 102 valence electrons. The summed E-state index contributed by atoms with van der Waals surface area (Å²) in [5.74, 6) is -0.915. The number of nitrogen functional groups attached to an aromatic ring is 1. The van der Waals surface area contributed by atoms with E-state index >= 15 is 0 Å². The Balaban J connectivity index is 2.16. The van der Waals surface area contributed by atoms with Gasteiger partial charge >= 0.3 is 5.97 Å². The minimum atomic E-state index is -1.02. The van der Waals surface area contributed by atoms with Crippen LogP contribution in [0.3, 0.4) is 0 Å². The second-order valence-corrected chi connectivity index (χ2v) is 5.17. The molecule has 0 spiro atoms. The quantitative estimate of drug-likeness (QED) is 0.808. The van der Waals surface area contributed by atoms with Crippen molar-refractivity contribution in [3.05, 3.63) is 28.8 Å². The standard InChI is InChI=1S/C13H15ClN2O3/c14-10-4-3-9(5-11(10)15)13(19)16(7-12(17)18)6-8-1-2-8/h3-5,8H,1-2,6-7,15H2,(H,17,18). The van der Waals surface area contributed by atoms with Crippen LogP contribution in [0, 0.1) is 5.92 Å². The van der Waals surface area contributed by atoms with Gasteiger partial charge in [0.2, 0.25) is 0 Å². The average molecular weight is 283 g/mol. The smallest absolute Gasteiger partial charge is 0.323 e. The molecule has 5 nitrogen and oxygen atoms in total. The van der Waals surface area contributed by atoms with Crippen molar-refractivity contribution in [2.75, 3.05) is 18.8 Å². The number of anilines is 1. The first-order chi connectivity index (χ1) is 8.97. The van der Waals surface area contributed by atoms with Crippen LogP contribution < -0.4 is 5.73 Å². The molecule has 1 aromatic carbocycles. The molecule has 0 radical (unpaired) electrons. The van der Waals surface area contributed by atoms with Crippen LogP contribution >= 0.6 is 11.6 Å². The zero-order valence-corrected chi connectivity index (χ0v) is 11.1. The number of carbonyl (C=O) groups is 2. The van der Waals surface area contributed by atoms with Crippen molar-refractivity contribution < 1.29 is 14.7 Å². The molecule has 2 rings (SSSR count). The highest BCUT2D eigenvalue weighted by Gasteiger charge is 2.28. The lowest BCUT2D eigenvalue weighted by Gasteiger charge is -2.20. The SMILES string of the molecule is Nc1cc(C(=O)N(CC(=O)O)CC2CC2)ccc1Cl. The number of nitrogens with two attached hydrogens (primary N) is 1. The number of hydrogen-bond acceptors (Lipinski definition) is 3. The molecule has 1 amide bonds. The van der Waals surface area contributed by atoms with Gasteiger partial charge < -0.3 is 15.7 Å². The molecule has 1 aliphatic carbocycles. The maximum absolute atomic E-state index is 12.3. The van der Waals surface area contributed by atoms with Crippen LogP contribution in [0.4, 0.5) is 5.69 Å². The van der Waals surface area contributed by atoms with Gasteiger partial charge in [-0.05, 0) is 37.0 Å². The Bertz CT molecular complexity index is 515. The number of nitrogens with zero attached hydrogens (tertiary/aromatic N) is 1. The van der Waals surface area contributed by atoms with E-state index in [9.17, 15) is 9.59 Å². The molecule has 0 saturated heterocycles. The molecule has 0 bridgehead atoms. The van der Waals surface area contributed by atoms with Gasteiger partial charge in [0.15, 0.2) is 0 Å². The van der Waals surface area contributed by atoms with Crippen molar-refractivity contribution >= 4 is 29.2 Å². The first kappa shape index (κ1) is 13.7. The van der Waals surface area contributed by atoms with Gasteiger partial charge in [-0.2, -0.15) is 0 Å². The minimum Gasteiger partial charge on any atom is -0.480 e. The van der Waals surface area contributed by atoms with Crippen LogP contribution in [-0.2, 0) is 4.79 Å². The second-order valence-electron chi connectivity index (χ2n) is 4.76. The molecule has 6 heteroatoms. The topological polar surface area (TPSA) is 83.6 Å². The van der Waals surface area contributed by atoms with Gasteiger partial charge in [-0.25, -0.2) is 0 Å². The fourth-order valence-corrected chi connectivity index (χ4v) is 1.97. The highest BCUT2D eigenvalue weighted by atomic mass is 35.5. The molecule has 1 saturated carbocycles. The summed E-state index contributed by atoms with van der Waals surface area (Å²) >= 11 is 5.80. The Hall–Kier alpha value is -1.75. The van der Waals surface area contributed by atoms with Crippen molar-refractivity contribution in [1.29, 1.82) is 0 Å². The molecule has 1 aromatic rings. The third-order valence-electron chi connectivity index (χ3n) is 3.03. The van der Waals surface area contributed by atoms with Crippen LogP contribution in [0.5, 0.6) is 0 Å². The van der Waals surface area contributed by atoms with E-state index in [1.165, 1.54) is 11.0 Å². The van der Waals surface area contributed by atoms with E-state index in [1.54, 1.807) is 12.1 Å². The van der Waals surface area contributed by atoms with E-state index in [0.29, 0.717) is 28.7 Å². The van der Waals surface area contributed by atoms with E-state index in [1.807, 2.05) is 0 Å². The van der Waals surface area contributed by atoms with Crippen LogP contribution in [0.1, 0.15) is 23.2 Å². The number of amides is 1. The van der Waals surface area contributed by atoms with E-state index in [4.69, 9.17) is 22.4 Å². The molecule has 0 aliphatic heterocycles. The molecule has 0 unspecified atom stereocenters. The molecule has 1 aliphatic rings. The fraction of sp³-hybridized carbons (Fsp3) is 0.385. The van der Waals surface area contributed by atoms with Crippen molar-refractivity contribution in [2.24, 2.45) is 5.92 Å². The average Bonchev–Trinajstić information content (AvgIpc) is 3.14. The maximum atomic E-state index is 12.3. The van der Waals surface area contributed by atoms with Gasteiger partial charge in [0.25, 0.3) is 5.91 Å². The van der Waals surface area contributed by atoms with E-state index < -0.39 is 5.97 Å². The zero-order valence-electron chi connectivity index (χ0n) is 10.3. The molecule has 0 aromatic heterocycles. The number of carboxylic acids is 1. The molecule has 0 heterocycles. The third kappa shape index (κ3) is 3.61. The Morgan fingerprint density at radius 1 is 1.42 bits per heavy atom. The predicted octanol–water partition coefficient (Wildman–Crippen LogP) is 1.86. The van der Waals surface area contributed by atoms with Gasteiger partial charge in [-0.1, -0.05) is 11.6 Å². The van der Waals surface area contributed by atoms with Crippen molar-refractivity contribution in [2.45, 2.75) is 12.8 Å².